The van der Waals surface area contributed by atoms with Gasteiger partial charge in [0.1, 0.15) is 48.6 Å². The summed E-state index contributed by atoms with van der Waals surface area (Å²) >= 11 is 0. The molecule has 0 aliphatic heterocycles. The van der Waals surface area contributed by atoms with Crippen molar-refractivity contribution in [3.05, 3.63) is 48.6 Å². The Morgan fingerprint density at radius 1 is 0.500 bits per heavy atom. The first-order valence-electron chi connectivity index (χ1n) is 9.57. The van der Waals surface area contributed by atoms with E-state index in [1.807, 2.05) is 0 Å². The Bertz CT molecular complexity index is 901. The lowest BCUT2D eigenvalue weighted by molar-refractivity contribution is -0.172. The molecule has 0 aromatic heterocycles. The van der Waals surface area contributed by atoms with Gasteiger partial charge in [0.25, 0.3) is 0 Å². The fraction of sp³-hybridized carbons (Fsp3) is 0.429. The average molecular weight is 570 g/mol. The van der Waals surface area contributed by atoms with Crippen LogP contribution in [0.5, 0.6) is 0 Å². The fourth-order valence-corrected chi connectivity index (χ4v) is 1.86. The molecule has 0 N–H and O–H groups in total. The quantitative estimate of drug-likeness (QED) is 0.150. The van der Waals surface area contributed by atoms with Crippen LogP contribution in [-0.4, -0.2) is 68.8 Å². The van der Waals surface area contributed by atoms with E-state index < -0.39 is 91.0 Å². The monoisotopic (exact) mass is 570 g/mol. The molecule has 0 aliphatic carbocycles. The third-order valence-electron chi connectivity index (χ3n) is 4.15. The molecule has 0 aromatic rings. The van der Waals surface area contributed by atoms with Gasteiger partial charge in [-0.05, 0) is 6.92 Å². The molecule has 0 aromatic carbocycles. The topological polar surface area (TPSA) is 105 Å². The second-order valence-corrected chi connectivity index (χ2v) is 7.51. The molecule has 38 heavy (non-hydrogen) atoms. The Morgan fingerprint density at radius 3 is 0.895 bits per heavy atom. The highest BCUT2D eigenvalue weighted by Crippen LogP contribution is 2.30. The molecule has 0 bridgehead atoms. The molecular weight excluding hydrogens is 551 g/mol. The Hall–Kier alpha value is -3.79. The molecule has 0 atom stereocenters. The van der Waals surface area contributed by atoms with E-state index in [1.165, 1.54) is 0 Å². The van der Waals surface area contributed by atoms with Crippen molar-refractivity contribution >= 4 is 23.9 Å². The second-order valence-electron chi connectivity index (χ2n) is 7.51. The van der Waals surface area contributed by atoms with Crippen LogP contribution in [0.1, 0.15) is 6.92 Å². The molecule has 0 amide bonds. The van der Waals surface area contributed by atoms with Gasteiger partial charge in [0.15, 0.2) is 0 Å². The SMILES string of the molecule is C=C(C)C(=O)OCC(COC(=O)C(=C)C(F)(F)F)(COC(=O)C(=C)C(F)(F)F)COC(=O)C(=C)C(F)(F)F. The normalized spacial score (nSPS) is 12.2. The van der Waals surface area contributed by atoms with Crippen molar-refractivity contribution in [2.75, 3.05) is 26.4 Å². The molecule has 0 fully saturated rings. The molecule has 17 heteroatoms. The first kappa shape index (κ1) is 34.2. The minimum Gasteiger partial charge on any atom is -0.461 e. The third-order valence-corrected chi connectivity index (χ3v) is 4.15. The maximum Gasteiger partial charge on any atom is 0.422 e. The molecule has 0 rings (SSSR count). The highest BCUT2D eigenvalue weighted by Gasteiger charge is 2.45. The van der Waals surface area contributed by atoms with Crippen molar-refractivity contribution in [2.24, 2.45) is 5.41 Å². The van der Waals surface area contributed by atoms with Crippen molar-refractivity contribution in [2.45, 2.75) is 25.5 Å². The molecule has 0 saturated carbocycles. The summed E-state index contributed by atoms with van der Waals surface area (Å²) in [7, 11) is 0. The standard InChI is InChI=1S/C21H19F9O8/c1-10(2)14(31)35-6-18(7-36-15(32)11(3)19(22,23)24,8-37-16(33)12(4)20(25,26)27)9-38-17(34)13(5)21(28,29)30/h1,3-9H2,2H3. The molecule has 0 radical (unpaired) electrons. The number of carbonyl (C=O) groups excluding carboxylic acids is 4. The van der Waals surface area contributed by atoms with Crippen LogP contribution in [0.15, 0.2) is 48.6 Å². The number of ether oxygens (including phenoxy) is 4. The first-order chi connectivity index (χ1) is 16.9. The number of esters is 4. The molecule has 214 valence electrons. The predicted octanol–water partition coefficient (Wildman–Crippen LogP) is 4.08. The zero-order valence-corrected chi connectivity index (χ0v) is 19.3. The van der Waals surface area contributed by atoms with Crippen molar-refractivity contribution in [3.8, 4) is 0 Å². The lowest BCUT2D eigenvalue weighted by Gasteiger charge is -2.32. The van der Waals surface area contributed by atoms with Gasteiger partial charge in [0, 0.05) is 5.57 Å². The van der Waals surface area contributed by atoms with Gasteiger partial charge in [-0.25, -0.2) is 19.2 Å². The highest BCUT2D eigenvalue weighted by atomic mass is 19.4. The van der Waals surface area contributed by atoms with Gasteiger partial charge in [-0.1, -0.05) is 26.3 Å². The lowest BCUT2D eigenvalue weighted by Crippen LogP contribution is -2.45. The summed E-state index contributed by atoms with van der Waals surface area (Å²) in [5, 5.41) is 0. The lowest BCUT2D eigenvalue weighted by atomic mass is 9.92. The average Bonchev–Trinajstić information content (AvgIpc) is 2.78. The van der Waals surface area contributed by atoms with Crippen LogP contribution >= 0.6 is 0 Å². The highest BCUT2D eigenvalue weighted by molar-refractivity contribution is 5.90. The van der Waals surface area contributed by atoms with E-state index in [2.05, 4.69) is 40.5 Å². The van der Waals surface area contributed by atoms with Crippen molar-refractivity contribution in [1.82, 2.24) is 0 Å². The minimum absolute atomic E-state index is 0.314. The molecule has 0 heterocycles. The Labute approximate surface area is 208 Å². The van der Waals surface area contributed by atoms with E-state index in [0.717, 1.165) is 6.92 Å². The molecule has 8 nitrogen and oxygen atoms in total. The largest absolute Gasteiger partial charge is 0.461 e. The first-order valence-corrected chi connectivity index (χ1v) is 9.57. The molecular formula is C21H19F9O8. The summed E-state index contributed by atoms with van der Waals surface area (Å²) in [4.78, 5) is 47.0. The number of hydrogen-bond donors (Lipinski definition) is 0. The third kappa shape index (κ3) is 10.7. The summed E-state index contributed by atoms with van der Waals surface area (Å²) < 4.78 is 132. The van der Waals surface area contributed by atoms with E-state index in [4.69, 9.17) is 4.74 Å². The van der Waals surface area contributed by atoms with Crippen LogP contribution in [0.3, 0.4) is 0 Å². The maximum atomic E-state index is 12.7. The summed E-state index contributed by atoms with van der Waals surface area (Å²) in [6.07, 6.45) is -16.0. The van der Waals surface area contributed by atoms with E-state index >= 15 is 0 Å². The molecule has 0 saturated heterocycles. The van der Waals surface area contributed by atoms with Crippen molar-refractivity contribution in [3.63, 3.8) is 0 Å². The van der Waals surface area contributed by atoms with Gasteiger partial charge >= 0.3 is 42.4 Å². The number of hydrogen-bond acceptors (Lipinski definition) is 8. The maximum absolute atomic E-state index is 12.7. The van der Waals surface area contributed by atoms with Crippen LogP contribution in [0.4, 0.5) is 39.5 Å². The zero-order chi connectivity index (χ0) is 30.3. The van der Waals surface area contributed by atoms with Gasteiger partial charge in [-0.3, -0.25) is 0 Å². The smallest absolute Gasteiger partial charge is 0.422 e. The van der Waals surface area contributed by atoms with Gasteiger partial charge in [0.2, 0.25) is 0 Å². The van der Waals surface area contributed by atoms with E-state index in [9.17, 15) is 58.7 Å². The molecule has 0 aliphatic rings. The van der Waals surface area contributed by atoms with E-state index in [0.29, 0.717) is 0 Å². The van der Waals surface area contributed by atoms with Gasteiger partial charge in [-0.2, -0.15) is 39.5 Å². The van der Waals surface area contributed by atoms with E-state index in [-0.39, 0.29) is 5.57 Å². The molecule has 0 spiro atoms. The van der Waals surface area contributed by atoms with Crippen molar-refractivity contribution in [1.29, 1.82) is 0 Å². The summed E-state index contributed by atoms with van der Waals surface area (Å²) in [6, 6.07) is 0. The second kappa shape index (κ2) is 12.6. The summed E-state index contributed by atoms with van der Waals surface area (Å²) in [5.74, 6) is -7.78. The summed E-state index contributed by atoms with van der Waals surface area (Å²) in [5.41, 5.74) is -9.12. The van der Waals surface area contributed by atoms with Crippen molar-refractivity contribution < 1.29 is 77.6 Å². The van der Waals surface area contributed by atoms with Gasteiger partial charge in [0.05, 0.1) is 0 Å². The number of carbonyl (C=O) groups is 4. The van der Waals surface area contributed by atoms with Gasteiger partial charge < -0.3 is 18.9 Å². The molecule has 0 unspecified atom stereocenters. The number of rotatable bonds is 12. The predicted molar refractivity (Wildman–Crippen MR) is 107 cm³/mol. The minimum atomic E-state index is -5.32. The van der Waals surface area contributed by atoms with E-state index in [1.54, 1.807) is 0 Å². The van der Waals surface area contributed by atoms with Crippen LogP contribution < -0.4 is 0 Å². The number of halogens is 9. The zero-order valence-electron chi connectivity index (χ0n) is 19.3. The Kier molecular flexibility index (Phi) is 11.4. The van der Waals surface area contributed by atoms with Crippen LogP contribution in [0.2, 0.25) is 0 Å². The van der Waals surface area contributed by atoms with Gasteiger partial charge in [-0.15, -0.1) is 0 Å². The number of alkyl halides is 9. The Balaban J connectivity index is 6.26. The Morgan fingerprint density at radius 2 is 0.711 bits per heavy atom. The van der Waals surface area contributed by atoms with Crippen LogP contribution in [0, 0.1) is 5.41 Å². The fourth-order valence-electron chi connectivity index (χ4n) is 1.86. The summed E-state index contributed by atoms with van der Waals surface area (Å²) in [6.45, 7) is 5.92. The van der Waals surface area contributed by atoms with Crippen LogP contribution in [-0.2, 0) is 38.1 Å². The van der Waals surface area contributed by atoms with Crippen LogP contribution in [0.25, 0.3) is 0 Å².